The Labute approximate surface area is 341 Å². The molecule has 55 heavy (non-hydrogen) atoms. The highest BCUT2D eigenvalue weighted by atomic mass is 16.6. The van der Waals surface area contributed by atoms with E-state index in [2.05, 4.69) is 32.9 Å². The molecule has 0 N–H and O–H groups in total. The minimum absolute atomic E-state index is 0.0687. The van der Waals surface area contributed by atoms with Gasteiger partial charge in [0.15, 0.2) is 6.10 Å². The van der Waals surface area contributed by atoms with Gasteiger partial charge in [-0.1, -0.05) is 213 Å². The predicted molar refractivity (Wildman–Crippen MR) is 233 cm³/mol. The van der Waals surface area contributed by atoms with Crippen LogP contribution in [0.25, 0.3) is 0 Å². The summed E-state index contributed by atoms with van der Waals surface area (Å²) in [4.78, 5) is 37.7. The second kappa shape index (κ2) is 44.9. The third-order valence-corrected chi connectivity index (χ3v) is 10.8. The van der Waals surface area contributed by atoms with Gasteiger partial charge in [0.2, 0.25) is 0 Å². The molecule has 0 aromatic carbocycles. The normalized spacial score (nSPS) is 12.0. The quantitative estimate of drug-likeness (QED) is 0.0265. The molecule has 0 heterocycles. The average Bonchev–Trinajstić information content (AvgIpc) is 3.18. The number of hydrogen-bond donors (Lipinski definition) is 0. The van der Waals surface area contributed by atoms with Crippen molar-refractivity contribution in [3.63, 3.8) is 0 Å². The fourth-order valence-corrected chi connectivity index (χ4v) is 7.08. The van der Waals surface area contributed by atoms with Crippen LogP contribution in [0, 0.1) is 0 Å². The van der Waals surface area contributed by atoms with Gasteiger partial charge >= 0.3 is 17.9 Å². The summed E-state index contributed by atoms with van der Waals surface area (Å²) in [6.45, 7) is 6.62. The van der Waals surface area contributed by atoms with E-state index < -0.39 is 6.10 Å². The van der Waals surface area contributed by atoms with Crippen LogP contribution in [0.1, 0.15) is 265 Å². The summed E-state index contributed by atoms with van der Waals surface area (Å²) in [7, 11) is 0. The number of unbranched alkanes of at least 4 members (excludes halogenated alkanes) is 31. The monoisotopic (exact) mass is 777 g/mol. The van der Waals surface area contributed by atoms with Crippen LogP contribution < -0.4 is 0 Å². The first-order valence-electron chi connectivity index (χ1n) is 24.2. The van der Waals surface area contributed by atoms with Gasteiger partial charge in [-0.3, -0.25) is 14.4 Å². The van der Waals surface area contributed by atoms with Crippen molar-refractivity contribution < 1.29 is 28.6 Å². The van der Waals surface area contributed by atoms with Gasteiger partial charge in [-0.05, 0) is 44.9 Å². The van der Waals surface area contributed by atoms with E-state index in [1.165, 1.54) is 161 Å². The maximum absolute atomic E-state index is 12.7. The first-order valence-corrected chi connectivity index (χ1v) is 24.2. The third-order valence-electron chi connectivity index (χ3n) is 10.8. The first kappa shape index (κ1) is 53.1. The van der Waals surface area contributed by atoms with Crippen molar-refractivity contribution in [3.8, 4) is 0 Å². The minimum atomic E-state index is -0.765. The summed E-state index contributed by atoms with van der Waals surface area (Å²) in [5.41, 5.74) is 0. The fourth-order valence-electron chi connectivity index (χ4n) is 7.08. The van der Waals surface area contributed by atoms with Gasteiger partial charge in [-0.2, -0.15) is 0 Å². The summed E-state index contributed by atoms with van der Waals surface area (Å²) in [5.74, 6) is -0.868. The van der Waals surface area contributed by atoms with Gasteiger partial charge in [-0.15, -0.1) is 0 Å². The molecule has 0 aliphatic rings. The lowest BCUT2D eigenvalue weighted by molar-refractivity contribution is -0.167. The number of hydrogen-bond acceptors (Lipinski definition) is 6. The van der Waals surface area contributed by atoms with E-state index in [0.717, 1.165) is 64.2 Å². The number of rotatable bonds is 44. The van der Waals surface area contributed by atoms with Crippen LogP contribution >= 0.6 is 0 Å². The van der Waals surface area contributed by atoms with E-state index in [4.69, 9.17) is 14.2 Å². The number of esters is 3. The highest BCUT2D eigenvalue weighted by Gasteiger charge is 2.19. The Morgan fingerprint density at radius 2 is 0.600 bits per heavy atom. The molecule has 1 atom stereocenters. The number of carbonyl (C=O) groups is 3. The highest BCUT2D eigenvalue weighted by Crippen LogP contribution is 2.15. The number of carbonyl (C=O) groups excluding carboxylic acids is 3. The highest BCUT2D eigenvalue weighted by molar-refractivity contribution is 5.71. The molecule has 0 radical (unpaired) electrons. The second-order valence-electron chi connectivity index (χ2n) is 16.4. The van der Waals surface area contributed by atoms with Crippen LogP contribution in [0.3, 0.4) is 0 Å². The zero-order valence-electron chi connectivity index (χ0n) is 37.0. The van der Waals surface area contributed by atoms with Crippen molar-refractivity contribution in [3.05, 3.63) is 12.2 Å². The molecular formula is C49H92O6. The summed E-state index contributed by atoms with van der Waals surface area (Å²) in [5, 5.41) is 0. The lowest BCUT2D eigenvalue weighted by Gasteiger charge is -2.18. The Kier molecular flexibility index (Phi) is 43.4. The Bertz CT molecular complexity index is 854. The van der Waals surface area contributed by atoms with Crippen molar-refractivity contribution in [2.75, 3.05) is 13.2 Å². The maximum atomic E-state index is 12.7. The Morgan fingerprint density at radius 1 is 0.345 bits per heavy atom. The van der Waals surface area contributed by atoms with Crippen LogP contribution in [0.15, 0.2) is 12.2 Å². The molecular weight excluding hydrogens is 685 g/mol. The van der Waals surface area contributed by atoms with E-state index in [9.17, 15) is 14.4 Å². The SMILES string of the molecule is CCCCCCCC/C=C/CCCCCCCC(=O)OC(COC(=O)CCCCCCCCCCC)COC(=O)CCCCCCCCCCCCCCC. The molecule has 6 nitrogen and oxygen atoms in total. The van der Waals surface area contributed by atoms with Crippen LogP contribution in [-0.2, 0) is 28.6 Å². The van der Waals surface area contributed by atoms with Gasteiger partial charge in [-0.25, -0.2) is 0 Å². The molecule has 0 fully saturated rings. The van der Waals surface area contributed by atoms with E-state index in [0.29, 0.717) is 19.3 Å². The van der Waals surface area contributed by atoms with Crippen LogP contribution in [0.2, 0.25) is 0 Å². The second-order valence-corrected chi connectivity index (χ2v) is 16.4. The fraction of sp³-hybridized carbons (Fsp3) is 0.898. The first-order chi connectivity index (χ1) is 27.0. The molecule has 0 aliphatic carbocycles. The average molecular weight is 777 g/mol. The summed E-state index contributed by atoms with van der Waals surface area (Å²) in [6.07, 6.45) is 47.6. The van der Waals surface area contributed by atoms with Crippen molar-refractivity contribution >= 4 is 17.9 Å². The lowest BCUT2D eigenvalue weighted by Crippen LogP contribution is -2.30. The minimum Gasteiger partial charge on any atom is -0.462 e. The molecule has 0 aromatic rings. The van der Waals surface area contributed by atoms with Gasteiger partial charge in [0, 0.05) is 19.3 Å². The molecule has 0 rings (SSSR count). The molecule has 0 spiro atoms. The van der Waals surface area contributed by atoms with Crippen LogP contribution in [0.5, 0.6) is 0 Å². The zero-order chi connectivity index (χ0) is 40.1. The Hall–Kier alpha value is -1.85. The van der Waals surface area contributed by atoms with Gasteiger partial charge in [0.25, 0.3) is 0 Å². The Balaban J connectivity index is 4.32. The summed E-state index contributed by atoms with van der Waals surface area (Å²) in [6, 6.07) is 0. The number of allylic oxidation sites excluding steroid dienone is 2. The molecule has 0 bridgehead atoms. The van der Waals surface area contributed by atoms with E-state index in [-0.39, 0.29) is 31.1 Å². The molecule has 0 amide bonds. The zero-order valence-corrected chi connectivity index (χ0v) is 37.0. The Morgan fingerprint density at radius 3 is 0.909 bits per heavy atom. The molecule has 1 unspecified atom stereocenters. The molecule has 324 valence electrons. The topological polar surface area (TPSA) is 78.9 Å². The lowest BCUT2D eigenvalue weighted by atomic mass is 10.0. The maximum Gasteiger partial charge on any atom is 0.306 e. The van der Waals surface area contributed by atoms with Crippen LogP contribution in [0.4, 0.5) is 0 Å². The van der Waals surface area contributed by atoms with Gasteiger partial charge in [0.05, 0.1) is 0 Å². The molecule has 0 saturated heterocycles. The predicted octanol–water partition coefficient (Wildman–Crippen LogP) is 15.4. The molecule has 6 heteroatoms. The van der Waals surface area contributed by atoms with Gasteiger partial charge < -0.3 is 14.2 Å². The van der Waals surface area contributed by atoms with Gasteiger partial charge in [0.1, 0.15) is 13.2 Å². The summed E-state index contributed by atoms with van der Waals surface area (Å²) < 4.78 is 16.7. The number of ether oxygens (including phenoxy) is 3. The van der Waals surface area contributed by atoms with E-state index in [1.807, 2.05) is 0 Å². The van der Waals surface area contributed by atoms with Crippen molar-refractivity contribution in [1.82, 2.24) is 0 Å². The van der Waals surface area contributed by atoms with Crippen LogP contribution in [-0.4, -0.2) is 37.2 Å². The summed E-state index contributed by atoms with van der Waals surface area (Å²) >= 11 is 0. The molecule has 0 saturated carbocycles. The smallest absolute Gasteiger partial charge is 0.306 e. The largest absolute Gasteiger partial charge is 0.462 e. The van der Waals surface area contributed by atoms with Crippen molar-refractivity contribution in [1.29, 1.82) is 0 Å². The molecule has 0 aliphatic heterocycles. The standard InChI is InChI=1S/C49H92O6/c1-4-7-10-13-16-19-21-23-24-26-28-31-34-37-40-43-49(52)55-46(44-53-47(50)41-38-35-32-29-18-15-12-9-6-3)45-54-48(51)42-39-36-33-30-27-25-22-20-17-14-11-8-5-2/h23-24,46H,4-22,25-45H2,1-3H3/b24-23+. The third kappa shape index (κ3) is 43.1. The van der Waals surface area contributed by atoms with E-state index >= 15 is 0 Å². The molecule has 0 aromatic heterocycles. The van der Waals surface area contributed by atoms with Crippen molar-refractivity contribution in [2.24, 2.45) is 0 Å². The van der Waals surface area contributed by atoms with E-state index in [1.54, 1.807) is 0 Å². The van der Waals surface area contributed by atoms with Crippen molar-refractivity contribution in [2.45, 2.75) is 271 Å².